The second-order valence-electron chi connectivity index (χ2n) is 8.56. The van der Waals surface area contributed by atoms with Gasteiger partial charge in [0.25, 0.3) is 5.56 Å². The molecule has 8 heteroatoms. The van der Waals surface area contributed by atoms with E-state index in [1.165, 1.54) is 13.2 Å². The minimum absolute atomic E-state index is 0.0988. The zero-order valence-corrected chi connectivity index (χ0v) is 19.2. The summed E-state index contributed by atoms with van der Waals surface area (Å²) in [6, 6.07) is 7.64. The topological polar surface area (TPSA) is 108 Å². The first kappa shape index (κ1) is 22.0. The second kappa shape index (κ2) is 7.92. The van der Waals surface area contributed by atoms with Crippen LogP contribution in [0, 0.1) is 0 Å². The average Bonchev–Trinajstić information content (AvgIpc) is 3.21. The van der Waals surface area contributed by atoms with Gasteiger partial charge in [0.05, 0.1) is 36.1 Å². The third-order valence-corrected chi connectivity index (χ3v) is 6.71. The molecule has 1 atom stereocenters. The monoisotopic (exact) mass is 460 g/mol. The fourth-order valence-corrected chi connectivity index (χ4v) is 4.79. The zero-order valence-electron chi connectivity index (χ0n) is 19.2. The lowest BCUT2D eigenvalue weighted by atomic mass is 9.86. The molecule has 0 fully saturated rings. The number of cyclic esters (lactones) is 1. The molecule has 174 valence electrons. The molecule has 0 amide bonds. The van der Waals surface area contributed by atoms with Gasteiger partial charge in [-0.15, -0.1) is 0 Å². The average molecular weight is 460 g/mol. The minimum Gasteiger partial charge on any atom is -0.466 e. The smallest absolute Gasteiger partial charge is 0.343 e. The predicted octanol–water partition coefficient (Wildman–Crippen LogP) is 2.83. The Kier molecular flexibility index (Phi) is 5.13. The highest BCUT2D eigenvalue weighted by molar-refractivity contribution is 5.91. The number of fused-ring (bicyclic) bond motifs is 5. The van der Waals surface area contributed by atoms with Crippen molar-refractivity contribution in [2.24, 2.45) is 0 Å². The number of benzene rings is 1. The van der Waals surface area contributed by atoms with Crippen LogP contribution in [0.5, 0.6) is 0 Å². The SMILES string of the molecule is CCc1cc(/C=C/C(=O)OC)cc2cc3c(nc12)-c1cc2c(c(=O)n1C3)COC(=O)[C@]2(O)CC. The molecule has 1 aromatic carbocycles. The summed E-state index contributed by atoms with van der Waals surface area (Å²) in [5.74, 6) is -1.17. The number of esters is 2. The Hall–Kier alpha value is -3.78. The fraction of sp³-hybridized carbons (Fsp3) is 0.308. The number of hydrogen-bond acceptors (Lipinski definition) is 7. The summed E-state index contributed by atoms with van der Waals surface area (Å²) in [7, 11) is 1.33. The van der Waals surface area contributed by atoms with Crippen molar-refractivity contribution >= 4 is 28.9 Å². The van der Waals surface area contributed by atoms with Crippen LogP contribution in [0.1, 0.15) is 48.1 Å². The Morgan fingerprint density at radius 3 is 2.76 bits per heavy atom. The lowest BCUT2D eigenvalue weighted by Crippen LogP contribution is -2.44. The van der Waals surface area contributed by atoms with Gasteiger partial charge >= 0.3 is 11.9 Å². The molecule has 2 aliphatic rings. The molecule has 0 unspecified atom stereocenters. The number of aromatic nitrogens is 2. The Balaban J connectivity index is 1.70. The number of carbonyl (C=O) groups excluding carboxylic acids is 2. The number of aliphatic hydroxyl groups is 1. The highest BCUT2D eigenvalue weighted by Gasteiger charge is 2.45. The van der Waals surface area contributed by atoms with E-state index in [0.717, 1.165) is 34.0 Å². The molecule has 0 saturated carbocycles. The summed E-state index contributed by atoms with van der Waals surface area (Å²) in [5, 5.41) is 11.9. The van der Waals surface area contributed by atoms with E-state index in [-0.39, 0.29) is 18.6 Å². The number of hydrogen-bond donors (Lipinski definition) is 1. The lowest BCUT2D eigenvalue weighted by Gasteiger charge is -2.31. The maximum absolute atomic E-state index is 13.3. The molecule has 1 N–H and O–H groups in total. The predicted molar refractivity (Wildman–Crippen MR) is 125 cm³/mol. The molecule has 4 heterocycles. The summed E-state index contributed by atoms with van der Waals surface area (Å²) in [4.78, 5) is 42.1. The number of methoxy groups -OCH3 is 1. The summed E-state index contributed by atoms with van der Waals surface area (Å²) < 4.78 is 11.4. The van der Waals surface area contributed by atoms with Crippen molar-refractivity contribution in [2.75, 3.05) is 7.11 Å². The van der Waals surface area contributed by atoms with Gasteiger partial charge in [-0.25, -0.2) is 14.6 Å². The summed E-state index contributed by atoms with van der Waals surface area (Å²) >= 11 is 0. The Bertz CT molecular complexity index is 1470. The van der Waals surface area contributed by atoms with Gasteiger partial charge in [-0.2, -0.15) is 0 Å². The van der Waals surface area contributed by atoms with Crippen molar-refractivity contribution < 1.29 is 24.2 Å². The maximum Gasteiger partial charge on any atom is 0.343 e. The third-order valence-electron chi connectivity index (χ3n) is 6.71. The maximum atomic E-state index is 13.3. The number of ether oxygens (including phenoxy) is 2. The van der Waals surface area contributed by atoms with Gasteiger partial charge in [0, 0.05) is 22.6 Å². The van der Waals surface area contributed by atoms with Gasteiger partial charge in [0.2, 0.25) is 0 Å². The van der Waals surface area contributed by atoms with Crippen molar-refractivity contribution in [3.63, 3.8) is 0 Å². The first-order valence-electron chi connectivity index (χ1n) is 11.2. The van der Waals surface area contributed by atoms with Gasteiger partial charge < -0.3 is 19.1 Å². The molecular formula is C26H24N2O6. The molecule has 3 aromatic rings. The lowest BCUT2D eigenvalue weighted by molar-refractivity contribution is -0.172. The molecule has 0 radical (unpaired) electrons. The third kappa shape index (κ3) is 3.17. The Labute approximate surface area is 195 Å². The van der Waals surface area contributed by atoms with Gasteiger partial charge in [-0.05, 0) is 54.3 Å². The highest BCUT2D eigenvalue weighted by Crippen LogP contribution is 2.39. The van der Waals surface area contributed by atoms with Crippen LogP contribution in [0.15, 0.2) is 35.1 Å². The van der Waals surface area contributed by atoms with E-state index in [1.54, 1.807) is 23.6 Å². The van der Waals surface area contributed by atoms with E-state index in [1.807, 2.05) is 25.1 Å². The summed E-state index contributed by atoms with van der Waals surface area (Å²) in [5.41, 5.74) is 3.24. The summed E-state index contributed by atoms with van der Waals surface area (Å²) in [6.45, 7) is 3.89. The van der Waals surface area contributed by atoms with Gasteiger partial charge in [-0.1, -0.05) is 13.8 Å². The first-order chi connectivity index (χ1) is 16.3. The number of carbonyl (C=O) groups is 2. The number of rotatable bonds is 4. The van der Waals surface area contributed by atoms with Crippen LogP contribution >= 0.6 is 0 Å². The van der Waals surface area contributed by atoms with E-state index in [9.17, 15) is 19.5 Å². The van der Waals surface area contributed by atoms with Crippen molar-refractivity contribution in [3.05, 3.63) is 68.5 Å². The van der Waals surface area contributed by atoms with E-state index >= 15 is 0 Å². The zero-order chi connectivity index (χ0) is 24.2. The molecular weight excluding hydrogens is 436 g/mol. The van der Waals surface area contributed by atoms with Crippen LogP contribution in [-0.2, 0) is 44.2 Å². The molecule has 0 bridgehead atoms. The molecule has 5 rings (SSSR count). The molecule has 0 aliphatic carbocycles. The quantitative estimate of drug-likeness (QED) is 0.369. The molecule has 8 nitrogen and oxygen atoms in total. The molecule has 34 heavy (non-hydrogen) atoms. The van der Waals surface area contributed by atoms with Crippen LogP contribution in [-0.4, -0.2) is 33.7 Å². The minimum atomic E-state index is -1.85. The van der Waals surface area contributed by atoms with E-state index < -0.39 is 17.5 Å². The molecule has 0 spiro atoms. The van der Waals surface area contributed by atoms with Crippen molar-refractivity contribution in [1.82, 2.24) is 9.55 Å². The Morgan fingerprint density at radius 2 is 2.06 bits per heavy atom. The van der Waals surface area contributed by atoms with Crippen LogP contribution in [0.4, 0.5) is 0 Å². The van der Waals surface area contributed by atoms with Crippen molar-refractivity contribution in [2.45, 2.75) is 45.4 Å². The van der Waals surface area contributed by atoms with Crippen LogP contribution in [0.3, 0.4) is 0 Å². The number of pyridine rings is 2. The highest BCUT2D eigenvalue weighted by atomic mass is 16.6. The van der Waals surface area contributed by atoms with Crippen molar-refractivity contribution in [1.29, 1.82) is 0 Å². The normalized spacial score (nSPS) is 18.5. The van der Waals surface area contributed by atoms with Gasteiger partial charge in [0.15, 0.2) is 5.60 Å². The van der Waals surface area contributed by atoms with Crippen LogP contribution < -0.4 is 5.56 Å². The molecule has 0 saturated heterocycles. The van der Waals surface area contributed by atoms with E-state index in [2.05, 4.69) is 4.74 Å². The first-order valence-corrected chi connectivity index (χ1v) is 11.2. The van der Waals surface area contributed by atoms with Crippen molar-refractivity contribution in [3.8, 4) is 11.4 Å². The van der Waals surface area contributed by atoms with E-state index in [0.29, 0.717) is 29.1 Å². The fourth-order valence-electron chi connectivity index (χ4n) is 4.79. The largest absolute Gasteiger partial charge is 0.466 e. The number of aryl methyl sites for hydroxylation is 1. The number of nitrogens with zero attached hydrogens (tertiary/aromatic N) is 2. The van der Waals surface area contributed by atoms with Crippen LogP contribution in [0.2, 0.25) is 0 Å². The molecule has 2 aromatic heterocycles. The van der Waals surface area contributed by atoms with Crippen LogP contribution in [0.25, 0.3) is 28.4 Å². The second-order valence-corrected chi connectivity index (χ2v) is 8.56. The van der Waals surface area contributed by atoms with Gasteiger partial charge in [0.1, 0.15) is 6.61 Å². The molecule has 2 aliphatic heterocycles. The standard InChI is InChI=1S/C26H24N2O6/c1-4-15-8-14(6-7-21(29)33-3)9-16-10-17-12-28-20(23(17)27-22(15)16)11-19-18(24(28)30)13-34-25(31)26(19,32)5-2/h6-11,32H,4-5,12-13H2,1-3H3/b7-6+/t26-/m0/s1. The van der Waals surface area contributed by atoms with Gasteiger partial charge in [-0.3, -0.25) is 4.79 Å². The summed E-state index contributed by atoms with van der Waals surface area (Å²) in [6.07, 6.45) is 3.90. The van der Waals surface area contributed by atoms with E-state index in [4.69, 9.17) is 9.72 Å². The Morgan fingerprint density at radius 1 is 1.26 bits per heavy atom.